The third kappa shape index (κ3) is 7.39. The molecule has 5 atom stereocenters. The van der Waals surface area contributed by atoms with Gasteiger partial charge in [0.25, 0.3) is 0 Å². The maximum Gasteiger partial charge on any atom is 0.303 e. The van der Waals surface area contributed by atoms with Crippen molar-refractivity contribution in [2.75, 3.05) is 0 Å². The quantitative estimate of drug-likeness (QED) is 0.191. The highest BCUT2D eigenvalue weighted by molar-refractivity contribution is 6.74. The molecule has 0 unspecified atom stereocenters. The molecule has 36 heavy (non-hydrogen) atoms. The first-order chi connectivity index (χ1) is 16.9. The van der Waals surface area contributed by atoms with Crippen molar-refractivity contribution >= 4 is 14.3 Å². The summed E-state index contributed by atoms with van der Waals surface area (Å²) in [6, 6.07) is 8.58. The van der Waals surface area contributed by atoms with Gasteiger partial charge in [0.2, 0.25) is 0 Å². The van der Waals surface area contributed by atoms with Crippen LogP contribution in [0.2, 0.25) is 18.1 Å². The van der Waals surface area contributed by atoms with E-state index in [0.717, 1.165) is 12.8 Å². The smallest absolute Gasteiger partial charge is 0.303 e. The highest BCUT2D eigenvalue weighted by Crippen LogP contribution is 2.42. The molecule has 0 bridgehead atoms. The minimum Gasteiger partial charge on any atom is -0.481 e. The fourth-order valence-corrected chi connectivity index (χ4v) is 6.58. The summed E-state index contributed by atoms with van der Waals surface area (Å²) in [5, 5.41) is 19.4. The topological polar surface area (TPSA) is 66.8 Å². The highest BCUT2D eigenvalue weighted by Gasteiger charge is 2.43. The van der Waals surface area contributed by atoms with Crippen molar-refractivity contribution in [2.24, 2.45) is 17.8 Å². The van der Waals surface area contributed by atoms with Gasteiger partial charge in [0.15, 0.2) is 8.32 Å². The number of allylic oxidation sites excluding steroid dienone is 3. The van der Waals surface area contributed by atoms with Crippen LogP contribution in [-0.2, 0) is 22.1 Å². The summed E-state index contributed by atoms with van der Waals surface area (Å²) in [4.78, 5) is 10.7. The number of aliphatic hydroxyl groups is 1. The van der Waals surface area contributed by atoms with E-state index in [2.05, 4.69) is 64.2 Å². The molecule has 0 aliphatic heterocycles. The van der Waals surface area contributed by atoms with Gasteiger partial charge in [-0.15, -0.1) is 0 Å². The van der Waals surface area contributed by atoms with Gasteiger partial charge in [0.1, 0.15) is 6.17 Å². The Bertz CT molecular complexity index is 910. The first kappa shape index (κ1) is 28.8. The van der Waals surface area contributed by atoms with E-state index in [0.29, 0.717) is 25.2 Å². The van der Waals surface area contributed by atoms with Crippen LogP contribution in [0.4, 0.5) is 4.39 Å². The van der Waals surface area contributed by atoms with Gasteiger partial charge in [-0.3, -0.25) is 4.79 Å². The SMILES string of the molecule is CC(C)(C)[Si](C)(C)O[C@H](C=C[C@@H]1[C@@H](CC=CCCCC(=O)O)[C@@H](O)C[C@@H]1F)C1Cc2ccccc2C1. The molecular formula is C30H45FO4Si. The summed E-state index contributed by atoms with van der Waals surface area (Å²) in [5.74, 6) is -0.996. The van der Waals surface area contributed by atoms with Crippen LogP contribution in [0.5, 0.6) is 0 Å². The molecule has 200 valence electrons. The Balaban J connectivity index is 1.74. The summed E-state index contributed by atoms with van der Waals surface area (Å²) in [6.45, 7) is 11.3. The number of rotatable bonds is 11. The third-order valence-electron chi connectivity index (χ3n) is 8.52. The number of halogens is 1. The molecule has 0 saturated heterocycles. The molecule has 2 aliphatic carbocycles. The Hall–Kier alpha value is -1.76. The molecule has 6 heteroatoms. The van der Waals surface area contributed by atoms with Gasteiger partial charge in [-0.05, 0) is 73.2 Å². The van der Waals surface area contributed by atoms with Gasteiger partial charge in [-0.25, -0.2) is 4.39 Å². The Morgan fingerprint density at radius 2 is 1.83 bits per heavy atom. The Morgan fingerprint density at radius 1 is 1.19 bits per heavy atom. The fourth-order valence-electron chi connectivity index (χ4n) is 5.28. The van der Waals surface area contributed by atoms with E-state index in [1.54, 1.807) is 0 Å². The van der Waals surface area contributed by atoms with E-state index in [4.69, 9.17) is 9.53 Å². The first-order valence-corrected chi connectivity index (χ1v) is 16.4. The number of fused-ring (bicyclic) bond motifs is 1. The summed E-state index contributed by atoms with van der Waals surface area (Å²) >= 11 is 0. The van der Waals surface area contributed by atoms with E-state index in [1.807, 2.05) is 18.2 Å². The molecule has 1 saturated carbocycles. The number of alkyl halides is 1. The van der Waals surface area contributed by atoms with Crippen LogP contribution < -0.4 is 0 Å². The van der Waals surface area contributed by atoms with Crippen molar-refractivity contribution in [1.82, 2.24) is 0 Å². The standard InChI is InChI=1S/C30H45FO4Si/c1-30(2,3)36(4,5)35-28(23-18-21-12-10-11-13-22(21)19-23)17-16-24-25(27(32)20-26(24)31)14-8-6-7-9-15-29(33)34/h6,8,10-13,16-17,23-28,32H,7,9,14-15,18-20H2,1-5H3,(H,33,34)/t24-,25-,26+,27+,28-/m1/s1. The van der Waals surface area contributed by atoms with Gasteiger partial charge in [0.05, 0.1) is 12.2 Å². The molecule has 1 aromatic rings. The van der Waals surface area contributed by atoms with Gasteiger partial charge in [-0.1, -0.05) is 69.3 Å². The summed E-state index contributed by atoms with van der Waals surface area (Å²) in [5.41, 5.74) is 2.76. The van der Waals surface area contributed by atoms with Crippen LogP contribution in [0.25, 0.3) is 0 Å². The Labute approximate surface area is 217 Å². The predicted molar refractivity (Wildman–Crippen MR) is 146 cm³/mol. The molecule has 0 aromatic heterocycles. The van der Waals surface area contributed by atoms with Crippen molar-refractivity contribution in [2.45, 2.75) is 102 Å². The number of carbonyl (C=O) groups is 1. The highest BCUT2D eigenvalue weighted by atomic mass is 28.4. The van der Waals surface area contributed by atoms with E-state index in [1.165, 1.54) is 11.1 Å². The minimum atomic E-state index is -2.05. The van der Waals surface area contributed by atoms with Gasteiger partial charge < -0.3 is 14.6 Å². The molecule has 2 aliphatic rings. The average molecular weight is 517 g/mol. The summed E-state index contributed by atoms with van der Waals surface area (Å²) in [6.07, 6.45) is 10.3. The minimum absolute atomic E-state index is 0.0741. The van der Waals surface area contributed by atoms with Crippen LogP contribution in [0.15, 0.2) is 48.6 Å². The van der Waals surface area contributed by atoms with E-state index < -0.39 is 26.6 Å². The van der Waals surface area contributed by atoms with Gasteiger partial charge in [-0.2, -0.15) is 0 Å². The third-order valence-corrected chi connectivity index (χ3v) is 13.0. The molecule has 2 N–H and O–H groups in total. The van der Waals surface area contributed by atoms with Crippen molar-refractivity contribution < 1.29 is 23.8 Å². The Morgan fingerprint density at radius 3 is 2.42 bits per heavy atom. The molecule has 1 fully saturated rings. The molecule has 4 nitrogen and oxygen atoms in total. The van der Waals surface area contributed by atoms with Crippen LogP contribution in [0, 0.1) is 17.8 Å². The number of aliphatic hydroxyl groups excluding tert-OH is 1. The second kappa shape index (κ2) is 12.2. The van der Waals surface area contributed by atoms with Crippen molar-refractivity contribution in [3.63, 3.8) is 0 Å². The largest absolute Gasteiger partial charge is 0.481 e. The number of unbranched alkanes of at least 4 members (excludes halogenated alkanes) is 1. The zero-order valence-electron chi connectivity index (χ0n) is 22.6. The molecule has 3 rings (SSSR count). The normalized spacial score (nSPS) is 26.2. The lowest BCUT2D eigenvalue weighted by atomic mass is 9.89. The first-order valence-electron chi connectivity index (χ1n) is 13.5. The molecular weight excluding hydrogens is 471 g/mol. The number of aliphatic carboxylic acids is 1. The van der Waals surface area contributed by atoms with E-state index >= 15 is 4.39 Å². The van der Waals surface area contributed by atoms with Crippen LogP contribution in [-0.4, -0.2) is 42.9 Å². The van der Waals surface area contributed by atoms with Crippen molar-refractivity contribution in [3.8, 4) is 0 Å². The second-order valence-electron chi connectivity index (χ2n) is 12.2. The monoisotopic (exact) mass is 516 g/mol. The zero-order chi connectivity index (χ0) is 26.5. The average Bonchev–Trinajstić information content (AvgIpc) is 3.33. The maximum absolute atomic E-state index is 15.0. The number of benzene rings is 1. The summed E-state index contributed by atoms with van der Waals surface area (Å²) < 4.78 is 22.0. The van der Waals surface area contributed by atoms with Crippen molar-refractivity contribution in [3.05, 3.63) is 59.7 Å². The van der Waals surface area contributed by atoms with Crippen LogP contribution in [0.3, 0.4) is 0 Å². The predicted octanol–water partition coefficient (Wildman–Crippen LogP) is 6.88. The van der Waals surface area contributed by atoms with Crippen molar-refractivity contribution in [1.29, 1.82) is 0 Å². The zero-order valence-corrected chi connectivity index (χ0v) is 23.6. The Kier molecular flexibility index (Phi) is 9.75. The van der Waals surface area contributed by atoms with E-state index in [-0.39, 0.29) is 35.8 Å². The molecule has 0 spiro atoms. The van der Waals surface area contributed by atoms with Crippen LogP contribution in [0.1, 0.15) is 64.0 Å². The lowest BCUT2D eigenvalue weighted by Crippen LogP contribution is -2.45. The maximum atomic E-state index is 15.0. The lowest BCUT2D eigenvalue weighted by Gasteiger charge is -2.40. The molecule has 1 aromatic carbocycles. The van der Waals surface area contributed by atoms with E-state index in [9.17, 15) is 9.90 Å². The lowest BCUT2D eigenvalue weighted by molar-refractivity contribution is -0.137. The number of hydrogen-bond donors (Lipinski definition) is 2. The number of carboxylic acids is 1. The second-order valence-corrected chi connectivity index (χ2v) is 17.0. The molecule has 0 radical (unpaired) electrons. The van der Waals surface area contributed by atoms with Gasteiger partial charge >= 0.3 is 5.97 Å². The molecule has 0 heterocycles. The summed E-state index contributed by atoms with van der Waals surface area (Å²) in [7, 11) is -2.05. The van der Waals surface area contributed by atoms with Gasteiger partial charge in [0, 0.05) is 18.8 Å². The molecule has 0 amide bonds. The fraction of sp³-hybridized carbons (Fsp3) is 0.633. The number of hydrogen-bond acceptors (Lipinski definition) is 3. The number of carboxylic acid groups (broad SMARTS) is 1. The van der Waals surface area contributed by atoms with Crippen LogP contribution >= 0.6 is 0 Å².